The van der Waals surface area contributed by atoms with Gasteiger partial charge in [0.1, 0.15) is 6.54 Å². The van der Waals surface area contributed by atoms with Gasteiger partial charge in [-0.25, -0.2) is 13.2 Å². The summed E-state index contributed by atoms with van der Waals surface area (Å²) >= 11 is 0. The molecule has 0 N–H and O–H groups in total. The third-order valence-electron chi connectivity index (χ3n) is 6.09. The highest BCUT2D eigenvalue weighted by Crippen LogP contribution is 2.28. The predicted molar refractivity (Wildman–Crippen MR) is 127 cm³/mol. The molecule has 176 valence electrons. The fraction of sp³-hybridized carbons (Fsp3) is 0.417. The Kier molecular flexibility index (Phi) is 6.45. The molecule has 1 saturated heterocycles. The Morgan fingerprint density at radius 2 is 1.76 bits per heavy atom. The van der Waals surface area contributed by atoms with Crippen molar-refractivity contribution in [3.8, 4) is 0 Å². The zero-order chi connectivity index (χ0) is 23.8. The largest absolute Gasteiger partial charge is 0.420 e. The number of piperidine rings is 1. The van der Waals surface area contributed by atoms with Gasteiger partial charge in [-0.2, -0.15) is 4.31 Å². The van der Waals surface area contributed by atoms with Crippen LogP contribution in [-0.2, 0) is 21.4 Å². The van der Waals surface area contributed by atoms with Crippen molar-refractivity contribution in [3.05, 3.63) is 59.1 Å². The van der Waals surface area contributed by atoms with Crippen LogP contribution < -0.4 is 10.7 Å². The maximum atomic E-state index is 13.2. The van der Waals surface area contributed by atoms with Gasteiger partial charge in [0.25, 0.3) is 0 Å². The second-order valence-electron chi connectivity index (χ2n) is 8.83. The van der Waals surface area contributed by atoms with Crippen molar-refractivity contribution in [2.75, 3.05) is 24.5 Å². The summed E-state index contributed by atoms with van der Waals surface area (Å²) < 4.78 is 34.5. The molecule has 1 aromatic heterocycles. The number of amides is 1. The van der Waals surface area contributed by atoms with E-state index in [4.69, 9.17) is 4.42 Å². The molecule has 0 radical (unpaired) electrons. The quantitative estimate of drug-likeness (QED) is 0.550. The van der Waals surface area contributed by atoms with Crippen molar-refractivity contribution < 1.29 is 17.6 Å². The number of oxazole rings is 1. The summed E-state index contributed by atoms with van der Waals surface area (Å²) in [7, 11) is -3.71. The fourth-order valence-electron chi connectivity index (χ4n) is 4.64. The molecule has 8 nitrogen and oxygen atoms in total. The number of hydrogen-bond donors (Lipinski definition) is 0. The Balaban J connectivity index is 1.63. The number of rotatable bonds is 6. The number of carbonyl (C=O) groups excluding carboxylic acids is 1. The van der Waals surface area contributed by atoms with Crippen LogP contribution in [0.2, 0.25) is 0 Å². The second-order valence-corrected chi connectivity index (χ2v) is 10.8. The highest BCUT2D eigenvalue weighted by molar-refractivity contribution is 7.89. The van der Waals surface area contributed by atoms with Crippen molar-refractivity contribution in [1.29, 1.82) is 0 Å². The second kappa shape index (κ2) is 9.15. The molecule has 2 aromatic carbocycles. The monoisotopic (exact) mass is 471 g/mol. The molecule has 0 spiro atoms. The lowest BCUT2D eigenvalue weighted by atomic mass is 9.94. The number of aromatic nitrogens is 1. The minimum Gasteiger partial charge on any atom is -0.408 e. The van der Waals surface area contributed by atoms with E-state index in [9.17, 15) is 18.0 Å². The Morgan fingerprint density at radius 3 is 2.39 bits per heavy atom. The van der Waals surface area contributed by atoms with Crippen LogP contribution in [0.5, 0.6) is 0 Å². The molecule has 0 saturated carbocycles. The van der Waals surface area contributed by atoms with Gasteiger partial charge in [-0.3, -0.25) is 9.36 Å². The molecule has 1 amide bonds. The van der Waals surface area contributed by atoms with Gasteiger partial charge in [0, 0.05) is 31.4 Å². The zero-order valence-corrected chi connectivity index (χ0v) is 19.9. The number of sulfonamides is 1. The number of nitrogens with zero attached hydrogens (tertiary/aromatic N) is 3. The molecule has 0 bridgehead atoms. The van der Waals surface area contributed by atoms with Gasteiger partial charge in [-0.05, 0) is 49.4 Å². The van der Waals surface area contributed by atoms with E-state index in [1.54, 1.807) is 4.90 Å². The molecule has 4 rings (SSSR count). The normalized spacial score (nSPS) is 19.6. The van der Waals surface area contributed by atoms with Gasteiger partial charge in [0.05, 0.1) is 10.4 Å². The van der Waals surface area contributed by atoms with E-state index in [2.05, 4.69) is 0 Å². The van der Waals surface area contributed by atoms with Crippen LogP contribution in [0, 0.1) is 11.8 Å². The SMILES string of the molecule is CCN(C(=O)Cn1c(=O)oc2cc(S(=O)(=O)N3C[C@H](C)C[C@@H](C)C3)ccc21)c1ccccc1. The van der Waals surface area contributed by atoms with Gasteiger partial charge in [-0.1, -0.05) is 32.0 Å². The van der Waals surface area contributed by atoms with Crippen molar-refractivity contribution in [2.45, 2.75) is 38.6 Å². The standard InChI is InChI=1S/C24H29N3O5S/c1-4-26(19-8-6-5-7-9-19)23(28)16-27-21-11-10-20(13-22(21)32-24(27)29)33(30,31)25-14-17(2)12-18(3)15-25/h5-11,13,17-18H,4,12,14-16H2,1-3H3/t17-,18-/m1/s1. The number of carbonyl (C=O) groups is 1. The average molecular weight is 472 g/mol. The van der Waals surface area contributed by atoms with Crippen LogP contribution in [0.15, 0.2) is 62.6 Å². The first-order valence-electron chi connectivity index (χ1n) is 11.2. The van der Waals surface area contributed by atoms with Crippen LogP contribution >= 0.6 is 0 Å². The molecule has 9 heteroatoms. The van der Waals surface area contributed by atoms with Crippen molar-refractivity contribution in [2.24, 2.45) is 11.8 Å². The summed E-state index contributed by atoms with van der Waals surface area (Å²) in [4.78, 5) is 27.2. The van der Waals surface area contributed by atoms with E-state index in [1.165, 1.54) is 27.1 Å². The van der Waals surface area contributed by atoms with Crippen LogP contribution in [0.4, 0.5) is 5.69 Å². The summed E-state index contributed by atoms with van der Waals surface area (Å²) in [6.45, 7) is 7.14. The number of benzene rings is 2. The van der Waals surface area contributed by atoms with E-state index in [0.29, 0.717) is 25.2 Å². The van der Waals surface area contributed by atoms with Crippen molar-refractivity contribution in [3.63, 3.8) is 0 Å². The van der Waals surface area contributed by atoms with Gasteiger partial charge < -0.3 is 9.32 Å². The topological polar surface area (TPSA) is 92.8 Å². The molecular weight excluding hydrogens is 442 g/mol. The van der Waals surface area contributed by atoms with E-state index in [-0.39, 0.29) is 34.8 Å². The van der Waals surface area contributed by atoms with Crippen LogP contribution in [0.3, 0.4) is 0 Å². The molecular formula is C24H29N3O5S. The Labute approximate surface area is 193 Å². The van der Waals surface area contributed by atoms with E-state index >= 15 is 0 Å². The van der Waals surface area contributed by atoms with Crippen molar-refractivity contribution in [1.82, 2.24) is 8.87 Å². The molecule has 0 aliphatic carbocycles. The van der Waals surface area contributed by atoms with E-state index < -0.39 is 15.8 Å². The van der Waals surface area contributed by atoms with Gasteiger partial charge in [0.2, 0.25) is 15.9 Å². The molecule has 3 aromatic rings. The number of likely N-dealkylation sites (N-methyl/N-ethyl adjacent to an activating group) is 1. The summed E-state index contributed by atoms with van der Waals surface area (Å²) in [5.41, 5.74) is 1.27. The summed E-state index contributed by atoms with van der Waals surface area (Å²) in [5.74, 6) is -0.398. The first kappa shape index (κ1) is 23.3. The zero-order valence-electron chi connectivity index (χ0n) is 19.1. The Hall–Kier alpha value is -2.91. The molecule has 1 aliphatic heterocycles. The molecule has 2 atom stereocenters. The maximum absolute atomic E-state index is 13.2. The third kappa shape index (κ3) is 4.60. The first-order chi connectivity index (χ1) is 15.7. The van der Waals surface area contributed by atoms with E-state index in [0.717, 1.165) is 12.1 Å². The van der Waals surface area contributed by atoms with Crippen molar-refractivity contribution >= 4 is 32.7 Å². The lowest BCUT2D eigenvalue weighted by Crippen LogP contribution is -2.42. The van der Waals surface area contributed by atoms with Crippen LogP contribution in [-0.4, -0.2) is 42.8 Å². The smallest absolute Gasteiger partial charge is 0.408 e. The first-order valence-corrected chi connectivity index (χ1v) is 12.6. The number of anilines is 1. The lowest BCUT2D eigenvalue weighted by Gasteiger charge is -2.34. The number of para-hydroxylation sites is 1. The predicted octanol–water partition coefficient (Wildman–Crippen LogP) is 3.31. The molecule has 1 fully saturated rings. The Morgan fingerprint density at radius 1 is 1.09 bits per heavy atom. The van der Waals surface area contributed by atoms with E-state index in [1.807, 2.05) is 51.1 Å². The summed E-state index contributed by atoms with van der Waals surface area (Å²) in [6.07, 6.45) is 0.995. The molecule has 33 heavy (non-hydrogen) atoms. The third-order valence-corrected chi connectivity index (χ3v) is 7.92. The minimum absolute atomic E-state index is 0.0861. The molecule has 1 aliphatic rings. The fourth-order valence-corrected chi connectivity index (χ4v) is 6.34. The van der Waals surface area contributed by atoms with Crippen LogP contribution in [0.25, 0.3) is 11.1 Å². The number of hydrogen-bond acceptors (Lipinski definition) is 5. The maximum Gasteiger partial charge on any atom is 0.420 e. The molecule has 2 heterocycles. The highest BCUT2D eigenvalue weighted by Gasteiger charge is 2.32. The lowest BCUT2D eigenvalue weighted by molar-refractivity contribution is -0.119. The van der Waals surface area contributed by atoms with Crippen LogP contribution in [0.1, 0.15) is 27.2 Å². The summed E-state index contributed by atoms with van der Waals surface area (Å²) in [5, 5.41) is 0. The van der Waals surface area contributed by atoms with Gasteiger partial charge in [0.15, 0.2) is 5.58 Å². The molecule has 0 unspecified atom stereocenters. The van der Waals surface area contributed by atoms with Gasteiger partial charge in [-0.15, -0.1) is 0 Å². The minimum atomic E-state index is -3.71. The number of fused-ring (bicyclic) bond motifs is 1. The van der Waals surface area contributed by atoms with Gasteiger partial charge >= 0.3 is 5.76 Å². The average Bonchev–Trinajstić information content (AvgIpc) is 3.08. The summed E-state index contributed by atoms with van der Waals surface area (Å²) in [6, 6.07) is 13.6. The highest BCUT2D eigenvalue weighted by atomic mass is 32.2. The Bertz CT molecular complexity index is 1300.